The molecule has 1 N–H and O–H groups in total. The van der Waals surface area contributed by atoms with E-state index in [1.165, 1.54) is 33.4 Å². The molecule has 0 saturated heterocycles. The Kier molecular flexibility index (Phi) is 8.64. The number of methoxy groups -OCH3 is 5. The highest BCUT2D eigenvalue weighted by Crippen LogP contribution is 2.52. The van der Waals surface area contributed by atoms with Crippen molar-refractivity contribution in [3.05, 3.63) is 105 Å². The summed E-state index contributed by atoms with van der Waals surface area (Å²) in [6.45, 7) is 1.85. The normalized spacial score (nSPS) is 19.9. The number of fused-ring (bicyclic) bond motifs is 2. The largest absolute Gasteiger partial charge is 0.504 e. The Labute approximate surface area is 283 Å². The van der Waals surface area contributed by atoms with Crippen molar-refractivity contribution in [1.29, 1.82) is 0 Å². The van der Waals surface area contributed by atoms with Crippen LogP contribution in [0.25, 0.3) is 0 Å². The van der Waals surface area contributed by atoms with Crippen LogP contribution in [0.4, 0.5) is 0 Å². The summed E-state index contributed by atoms with van der Waals surface area (Å²) >= 11 is 0. The van der Waals surface area contributed by atoms with Gasteiger partial charge in [0.15, 0.2) is 23.0 Å². The summed E-state index contributed by atoms with van der Waals surface area (Å²) in [5.74, 6) is 4.14. The summed E-state index contributed by atoms with van der Waals surface area (Å²) in [5.41, 5.74) is 10.9. The number of phenolic OH excluding ortho intramolecular Hbond substituents is 1. The van der Waals surface area contributed by atoms with Gasteiger partial charge in [-0.1, -0.05) is 18.2 Å². The van der Waals surface area contributed by atoms with Crippen LogP contribution in [-0.4, -0.2) is 77.6 Å². The summed E-state index contributed by atoms with van der Waals surface area (Å²) in [6, 6.07) is 19.2. The average molecular weight is 651 g/mol. The molecule has 4 aliphatic rings. The molecule has 252 valence electrons. The minimum Gasteiger partial charge on any atom is -0.504 e. The molecule has 0 spiro atoms. The molecule has 2 bridgehead atoms. The number of likely N-dealkylation sites (N-methyl/N-ethyl adjacent to an activating group) is 2. The lowest BCUT2D eigenvalue weighted by Crippen LogP contribution is -2.33. The predicted molar refractivity (Wildman–Crippen MR) is 187 cm³/mol. The maximum atomic E-state index is 10.8. The number of phenols is 1. The minimum absolute atomic E-state index is 0.0221. The molecule has 8 nitrogen and oxygen atoms in total. The van der Waals surface area contributed by atoms with E-state index in [-0.39, 0.29) is 23.8 Å². The molecule has 0 aromatic heterocycles. The molecule has 3 heterocycles. The fraction of sp³-hybridized carbons (Fsp3) is 0.400. The first-order valence-corrected chi connectivity index (χ1v) is 16.7. The van der Waals surface area contributed by atoms with E-state index in [2.05, 4.69) is 54.2 Å². The van der Waals surface area contributed by atoms with Gasteiger partial charge in [-0.25, -0.2) is 0 Å². The number of hydrogen-bond acceptors (Lipinski definition) is 8. The van der Waals surface area contributed by atoms with Gasteiger partial charge in [0.25, 0.3) is 0 Å². The number of rotatable bonds is 9. The van der Waals surface area contributed by atoms with E-state index in [4.69, 9.17) is 23.7 Å². The molecular weight excluding hydrogens is 604 g/mol. The molecule has 8 heteroatoms. The SMILES string of the molecule is COc1cc2c(cc1O)[C@@H]1Cc3c(cc(OC)c(OC)c3Cc3cc4c(cc3OC)CCN(C)[C@H]4Cc3ccccc3OC)[C@H]2N(C)C1. The molecule has 48 heavy (non-hydrogen) atoms. The Morgan fingerprint density at radius 3 is 2.17 bits per heavy atom. The Hall–Kier alpha value is -4.40. The average Bonchev–Trinajstić information content (AvgIpc) is 3.32. The quantitative estimate of drug-likeness (QED) is 0.221. The van der Waals surface area contributed by atoms with Crippen molar-refractivity contribution in [2.45, 2.75) is 43.7 Å². The van der Waals surface area contributed by atoms with E-state index < -0.39 is 0 Å². The van der Waals surface area contributed by atoms with E-state index in [9.17, 15) is 5.11 Å². The van der Waals surface area contributed by atoms with Crippen molar-refractivity contribution >= 4 is 0 Å². The number of ether oxygens (including phenoxy) is 5. The number of aromatic hydroxyl groups is 1. The first-order chi connectivity index (χ1) is 23.3. The molecule has 4 aromatic carbocycles. The third kappa shape index (κ3) is 5.31. The van der Waals surface area contributed by atoms with Crippen LogP contribution in [-0.2, 0) is 25.7 Å². The summed E-state index contributed by atoms with van der Waals surface area (Å²) in [7, 11) is 12.9. The van der Waals surface area contributed by atoms with E-state index in [0.29, 0.717) is 17.9 Å². The highest BCUT2D eigenvalue weighted by Gasteiger charge is 2.40. The fourth-order valence-corrected chi connectivity index (χ4v) is 8.54. The zero-order chi connectivity index (χ0) is 33.7. The maximum Gasteiger partial charge on any atom is 0.164 e. The number of para-hydroxylation sites is 1. The molecule has 0 unspecified atom stereocenters. The van der Waals surface area contributed by atoms with Crippen LogP contribution in [0.5, 0.6) is 34.5 Å². The topological polar surface area (TPSA) is 72.9 Å². The van der Waals surface area contributed by atoms with Crippen molar-refractivity contribution < 1.29 is 28.8 Å². The third-order valence-corrected chi connectivity index (χ3v) is 10.9. The zero-order valence-corrected chi connectivity index (χ0v) is 29.1. The van der Waals surface area contributed by atoms with Gasteiger partial charge >= 0.3 is 0 Å². The van der Waals surface area contributed by atoms with Gasteiger partial charge in [0.2, 0.25) is 0 Å². The van der Waals surface area contributed by atoms with Gasteiger partial charge in [0.05, 0.1) is 41.6 Å². The molecule has 0 amide bonds. The second kappa shape index (κ2) is 12.9. The highest BCUT2D eigenvalue weighted by atomic mass is 16.5. The van der Waals surface area contributed by atoms with Crippen LogP contribution >= 0.6 is 0 Å². The zero-order valence-electron chi connectivity index (χ0n) is 29.1. The molecule has 1 aliphatic carbocycles. The first kappa shape index (κ1) is 32.2. The van der Waals surface area contributed by atoms with E-state index in [0.717, 1.165) is 66.3 Å². The Morgan fingerprint density at radius 2 is 1.44 bits per heavy atom. The van der Waals surface area contributed by atoms with Crippen LogP contribution in [0.15, 0.2) is 54.6 Å². The van der Waals surface area contributed by atoms with E-state index >= 15 is 0 Å². The lowest BCUT2D eigenvalue weighted by Gasteiger charge is -2.37. The monoisotopic (exact) mass is 650 g/mol. The van der Waals surface area contributed by atoms with Crippen LogP contribution < -0.4 is 23.7 Å². The minimum atomic E-state index is -0.0221. The third-order valence-electron chi connectivity index (χ3n) is 10.9. The summed E-state index contributed by atoms with van der Waals surface area (Å²) in [5, 5.41) is 10.8. The standard InChI is InChI=1S/C40H46N2O6/c1-41-13-12-23-18-36(45-4)25(14-28(23)33(41)17-24-10-8-9-11-35(24)44-3)15-32-29-16-26-22-42(2)39(31(29)21-38(47-6)40(32)48-7)30-20-37(46-5)34(43)19-27(26)30/h8-11,14,18-21,26,33,39,43H,12-13,15-17,22H2,1-7H3/t26-,33+,39+/m1/s1. The van der Waals surface area contributed by atoms with Gasteiger partial charge in [-0.05, 0) is 114 Å². The smallest absolute Gasteiger partial charge is 0.164 e. The lowest BCUT2D eigenvalue weighted by molar-refractivity contribution is 0.227. The van der Waals surface area contributed by atoms with Crippen LogP contribution in [0, 0.1) is 0 Å². The molecular formula is C40H46N2O6. The van der Waals surface area contributed by atoms with Crippen molar-refractivity contribution in [2.75, 3.05) is 62.7 Å². The van der Waals surface area contributed by atoms with Gasteiger partial charge < -0.3 is 28.8 Å². The van der Waals surface area contributed by atoms with Gasteiger partial charge in [-0.3, -0.25) is 9.80 Å². The molecule has 3 atom stereocenters. The van der Waals surface area contributed by atoms with Crippen molar-refractivity contribution in [3.8, 4) is 34.5 Å². The van der Waals surface area contributed by atoms with Gasteiger partial charge in [-0.2, -0.15) is 0 Å². The molecule has 4 aromatic rings. The number of hydrogen-bond donors (Lipinski definition) is 1. The van der Waals surface area contributed by atoms with Crippen molar-refractivity contribution in [2.24, 2.45) is 0 Å². The number of nitrogens with zero attached hydrogens (tertiary/aromatic N) is 2. The Bertz CT molecular complexity index is 1850. The second-order valence-corrected chi connectivity index (χ2v) is 13.4. The number of benzene rings is 4. The first-order valence-electron chi connectivity index (χ1n) is 16.7. The molecule has 8 rings (SSSR count). The fourth-order valence-electron chi connectivity index (χ4n) is 8.54. The second-order valence-electron chi connectivity index (χ2n) is 13.4. The Morgan fingerprint density at radius 1 is 0.708 bits per heavy atom. The lowest BCUT2D eigenvalue weighted by atomic mass is 9.84. The maximum absolute atomic E-state index is 10.8. The van der Waals surface area contributed by atoms with Crippen molar-refractivity contribution in [1.82, 2.24) is 9.80 Å². The summed E-state index contributed by atoms with van der Waals surface area (Å²) in [4.78, 5) is 4.86. The molecule has 3 aliphatic heterocycles. The molecule has 0 saturated carbocycles. The van der Waals surface area contributed by atoms with E-state index in [1.54, 1.807) is 35.5 Å². The van der Waals surface area contributed by atoms with Crippen molar-refractivity contribution in [3.63, 3.8) is 0 Å². The molecule has 0 fully saturated rings. The summed E-state index contributed by atoms with van der Waals surface area (Å²) < 4.78 is 29.6. The van der Waals surface area contributed by atoms with E-state index in [1.807, 2.05) is 24.3 Å². The Balaban J connectivity index is 1.37. The summed E-state index contributed by atoms with van der Waals surface area (Å²) in [6.07, 6.45) is 3.25. The van der Waals surface area contributed by atoms with Crippen LogP contribution in [0.3, 0.4) is 0 Å². The van der Waals surface area contributed by atoms with Gasteiger partial charge in [0.1, 0.15) is 11.5 Å². The van der Waals surface area contributed by atoms with Crippen LogP contribution in [0.1, 0.15) is 68.1 Å². The van der Waals surface area contributed by atoms with Gasteiger partial charge in [0, 0.05) is 37.0 Å². The predicted octanol–water partition coefficient (Wildman–Crippen LogP) is 6.47. The van der Waals surface area contributed by atoms with Gasteiger partial charge in [-0.15, -0.1) is 0 Å². The molecule has 0 radical (unpaired) electrons. The highest BCUT2D eigenvalue weighted by molar-refractivity contribution is 5.63. The van der Waals surface area contributed by atoms with Crippen LogP contribution in [0.2, 0.25) is 0 Å².